The van der Waals surface area contributed by atoms with Crippen molar-refractivity contribution >= 4 is 22.8 Å². The first-order valence-electron chi connectivity index (χ1n) is 5.72. The number of carbonyl (C=O) groups excluding carboxylic acids is 1. The molecule has 1 amide bonds. The van der Waals surface area contributed by atoms with E-state index in [2.05, 4.69) is 10.3 Å². The number of aromatic nitrogens is 1. The number of rotatable bonds is 4. The van der Waals surface area contributed by atoms with Crippen LogP contribution in [0, 0.1) is 0 Å². The normalized spacial score (nSPS) is 14.0. The minimum atomic E-state index is -1.98. The Morgan fingerprint density at radius 1 is 1.37 bits per heavy atom. The minimum Gasteiger partial charge on any atom is -0.479 e. The van der Waals surface area contributed by atoms with Gasteiger partial charge in [0.15, 0.2) is 5.60 Å². The van der Waals surface area contributed by atoms with Gasteiger partial charge in [0.1, 0.15) is 5.69 Å². The zero-order chi connectivity index (χ0) is 14.0. The number of carbonyl (C=O) groups is 2. The van der Waals surface area contributed by atoms with Gasteiger partial charge in [-0.2, -0.15) is 0 Å². The van der Waals surface area contributed by atoms with E-state index in [1.165, 1.54) is 0 Å². The number of carboxylic acid groups (broad SMARTS) is 1. The number of hydrogen-bond donors (Lipinski definition) is 4. The van der Waals surface area contributed by atoms with E-state index in [1.54, 1.807) is 6.07 Å². The lowest BCUT2D eigenvalue weighted by Crippen LogP contribution is -2.46. The van der Waals surface area contributed by atoms with Crippen LogP contribution < -0.4 is 5.32 Å². The molecule has 100 valence electrons. The second-order valence-corrected chi connectivity index (χ2v) is 4.53. The maximum absolute atomic E-state index is 11.8. The van der Waals surface area contributed by atoms with Crippen LogP contribution in [0.1, 0.15) is 17.4 Å². The van der Waals surface area contributed by atoms with Crippen molar-refractivity contribution < 1.29 is 19.8 Å². The van der Waals surface area contributed by atoms with Gasteiger partial charge in [0, 0.05) is 10.9 Å². The second-order valence-electron chi connectivity index (χ2n) is 4.53. The summed E-state index contributed by atoms with van der Waals surface area (Å²) in [6.45, 7) is 0.761. The Hall–Kier alpha value is -2.34. The predicted molar refractivity (Wildman–Crippen MR) is 68.9 cm³/mol. The molecular weight excluding hydrogens is 248 g/mol. The van der Waals surface area contributed by atoms with Crippen molar-refractivity contribution in [2.45, 2.75) is 12.5 Å². The van der Waals surface area contributed by atoms with Crippen LogP contribution in [0.2, 0.25) is 0 Å². The van der Waals surface area contributed by atoms with E-state index in [4.69, 9.17) is 5.11 Å². The third-order valence-corrected chi connectivity index (χ3v) is 2.83. The van der Waals surface area contributed by atoms with E-state index in [0.29, 0.717) is 5.69 Å². The molecule has 1 heterocycles. The first-order valence-corrected chi connectivity index (χ1v) is 5.72. The van der Waals surface area contributed by atoms with Crippen molar-refractivity contribution in [2.75, 3.05) is 6.54 Å². The SMILES string of the molecule is CC(O)(CNC(=O)c1cc2ccccc2[nH]1)C(=O)O. The molecule has 0 aliphatic heterocycles. The number of fused-ring (bicyclic) bond motifs is 1. The van der Waals surface area contributed by atoms with Crippen LogP contribution in [0.15, 0.2) is 30.3 Å². The Morgan fingerprint density at radius 3 is 2.68 bits per heavy atom. The van der Waals surface area contributed by atoms with Crippen LogP contribution in [0.25, 0.3) is 10.9 Å². The highest BCUT2D eigenvalue weighted by molar-refractivity contribution is 5.98. The number of carboxylic acids is 1. The summed E-state index contributed by atoms with van der Waals surface area (Å²) in [5, 5.41) is 21.5. The first-order chi connectivity index (χ1) is 8.90. The van der Waals surface area contributed by atoms with E-state index in [0.717, 1.165) is 17.8 Å². The smallest absolute Gasteiger partial charge is 0.337 e. The van der Waals surface area contributed by atoms with Gasteiger partial charge in [0.2, 0.25) is 0 Å². The summed E-state index contributed by atoms with van der Waals surface area (Å²) < 4.78 is 0. The molecule has 0 aliphatic rings. The monoisotopic (exact) mass is 262 g/mol. The van der Waals surface area contributed by atoms with Crippen LogP contribution >= 0.6 is 0 Å². The molecule has 1 aromatic carbocycles. The number of aromatic amines is 1. The largest absolute Gasteiger partial charge is 0.479 e. The standard InChI is InChI=1S/C13H14N2O4/c1-13(19,12(17)18)7-14-11(16)10-6-8-4-2-3-5-9(8)15-10/h2-6,15,19H,7H2,1H3,(H,14,16)(H,17,18). The molecule has 0 fully saturated rings. The van der Waals surface area contributed by atoms with Crippen molar-refractivity contribution in [1.82, 2.24) is 10.3 Å². The number of benzene rings is 1. The fraction of sp³-hybridized carbons (Fsp3) is 0.231. The summed E-state index contributed by atoms with van der Waals surface area (Å²) in [6.07, 6.45) is 0. The molecule has 1 aromatic heterocycles. The quantitative estimate of drug-likeness (QED) is 0.652. The molecule has 6 heteroatoms. The van der Waals surface area contributed by atoms with E-state index in [-0.39, 0.29) is 6.54 Å². The molecule has 0 bridgehead atoms. The number of aliphatic hydroxyl groups is 1. The molecule has 2 rings (SSSR count). The number of hydrogen-bond acceptors (Lipinski definition) is 3. The topological polar surface area (TPSA) is 102 Å². The Balaban J connectivity index is 2.10. The number of nitrogens with one attached hydrogen (secondary N) is 2. The fourth-order valence-corrected chi connectivity index (χ4v) is 1.62. The third kappa shape index (κ3) is 2.74. The van der Waals surface area contributed by atoms with Gasteiger partial charge in [0.05, 0.1) is 6.54 Å². The van der Waals surface area contributed by atoms with Crippen molar-refractivity contribution in [2.24, 2.45) is 0 Å². The van der Waals surface area contributed by atoms with E-state index >= 15 is 0 Å². The van der Waals surface area contributed by atoms with Crippen LogP contribution in [-0.2, 0) is 4.79 Å². The molecule has 0 radical (unpaired) electrons. The van der Waals surface area contributed by atoms with Gasteiger partial charge >= 0.3 is 5.97 Å². The van der Waals surface area contributed by atoms with Gasteiger partial charge < -0.3 is 20.5 Å². The second kappa shape index (κ2) is 4.74. The molecule has 0 saturated carbocycles. The maximum atomic E-state index is 11.8. The molecule has 0 aliphatic carbocycles. The van der Waals surface area contributed by atoms with Crippen LogP contribution in [-0.4, -0.2) is 39.2 Å². The lowest BCUT2D eigenvalue weighted by atomic mass is 10.1. The molecule has 1 unspecified atom stereocenters. The molecule has 2 aromatic rings. The van der Waals surface area contributed by atoms with Gasteiger partial charge in [-0.3, -0.25) is 4.79 Å². The van der Waals surface area contributed by atoms with Crippen LogP contribution in [0.4, 0.5) is 0 Å². The van der Waals surface area contributed by atoms with E-state index < -0.39 is 17.5 Å². The van der Waals surface area contributed by atoms with Crippen molar-refractivity contribution in [3.63, 3.8) is 0 Å². The molecule has 0 spiro atoms. The Bertz CT molecular complexity index is 597. The summed E-state index contributed by atoms with van der Waals surface area (Å²) in [4.78, 5) is 25.5. The van der Waals surface area contributed by atoms with Crippen molar-refractivity contribution in [1.29, 1.82) is 0 Å². The summed E-state index contributed by atoms with van der Waals surface area (Å²) in [5.41, 5.74) is -0.846. The summed E-state index contributed by atoms with van der Waals surface area (Å²) >= 11 is 0. The van der Waals surface area contributed by atoms with Crippen molar-refractivity contribution in [3.05, 3.63) is 36.0 Å². The highest BCUT2D eigenvalue weighted by Crippen LogP contribution is 2.14. The van der Waals surface area contributed by atoms with Gasteiger partial charge in [-0.15, -0.1) is 0 Å². The lowest BCUT2D eigenvalue weighted by Gasteiger charge is -2.17. The van der Waals surface area contributed by atoms with Gasteiger partial charge in [-0.1, -0.05) is 18.2 Å². The van der Waals surface area contributed by atoms with Crippen molar-refractivity contribution in [3.8, 4) is 0 Å². The van der Waals surface area contributed by atoms with Crippen LogP contribution in [0.3, 0.4) is 0 Å². The Morgan fingerprint density at radius 2 is 2.05 bits per heavy atom. The molecular formula is C13H14N2O4. The maximum Gasteiger partial charge on any atom is 0.337 e. The molecule has 6 nitrogen and oxygen atoms in total. The fourth-order valence-electron chi connectivity index (χ4n) is 1.62. The van der Waals surface area contributed by atoms with Gasteiger partial charge in [0.25, 0.3) is 5.91 Å². The zero-order valence-corrected chi connectivity index (χ0v) is 10.3. The number of aliphatic carboxylic acids is 1. The number of para-hydroxylation sites is 1. The summed E-state index contributed by atoms with van der Waals surface area (Å²) in [5.74, 6) is -1.85. The predicted octanol–water partition coefficient (Wildman–Crippen LogP) is 0.733. The zero-order valence-electron chi connectivity index (χ0n) is 10.3. The molecule has 19 heavy (non-hydrogen) atoms. The third-order valence-electron chi connectivity index (χ3n) is 2.83. The van der Waals surface area contributed by atoms with Gasteiger partial charge in [-0.05, 0) is 19.1 Å². The number of H-pyrrole nitrogens is 1. The average molecular weight is 262 g/mol. The molecule has 4 N–H and O–H groups in total. The minimum absolute atomic E-state index is 0.322. The van der Waals surface area contributed by atoms with Crippen LogP contribution in [0.5, 0.6) is 0 Å². The highest BCUT2D eigenvalue weighted by atomic mass is 16.4. The summed E-state index contributed by atoms with van der Waals surface area (Å²) in [7, 11) is 0. The Labute approximate surface area is 109 Å². The highest BCUT2D eigenvalue weighted by Gasteiger charge is 2.30. The molecule has 1 atom stereocenters. The molecule has 0 saturated heterocycles. The lowest BCUT2D eigenvalue weighted by molar-refractivity contribution is -0.155. The van der Waals surface area contributed by atoms with Gasteiger partial charge in [-0.25, -0.2) is 4.79 Å². The first kappa shape index (κ1) is 13.1. The number of amides is 1. The van der Waals surface area contributed by atoms with E-state index in [9.17, 15) is 14.7 Å². The summed E-state index contributed by atoms with van der Waals surface area (Å²) in [6, 6.07) is 9.05. The average Bonchev–Trinajstić information content (AvgIpc) is 2.79. The Kier molecular flexibility index (Phi) is 3.26. The van der Waals surface area contributed by atoms with E-state index in [1.807, 2.05) is 24.3 Å².